The summed E-state index contributed by atoms with van der Waals surface area (Å²) >= 11 is 0. The zero-order chi connectivity index (χ0) is 19.3. The predicted octanol–water partition coefficient (Wildman–Crippen LogP) is 3.92. The SMILES string of the molecule is O=C(COc1ccc2c3c(c(=O)oc2c1)CCC3)OC/C=C/c1ccccc1. The van der Waals surface area contributed by atoms with E-state index in [1.807, 2.05) is 42.5 Å². The average molecular weight is 376 g/mol. The molecule has 0 amide bonds. The zero-order valence-corrected chi connectivity index (χ0v) is 15.4. The van der Waals surface area contributed by atoms with Crippen LogP contribution in [0.15, 0.2) is 63.8 Å². The van der Waals surface area contributed by atoms with Gasteiger partial charge in [-0.2, -0.15) is 0 Å². The molecule has 0 N–H and O–H groups in total. The van der Waals surface area contributed by atoms with Crippen molar-refractivity contribution in [3.8, 4) is 5.75 Å². The van der Waals surface area contributed by atoms with Gasteiger partial charge in [0, 0.05) is 17.0 Å². The van der Waals surface area contributed by atoms with Gasteiger partial charge < -0.3 is 13.9 Å². The fourth-order valence-electron chi connectivity index (χ4n) is 3.43. The molecule has 3 aromatic rings. The van der Waals surface area contributed by atoms with E-state index in [4.69, 9.17) is 13.9 Å². The van der Waals surface area contributed by atoms with E-state index < -0.39 is 5.97 Å². The molecule has 1 aliphatic rings. The number of rotatable bonds is 6. The molecule has 4 rings (SSSR count). The minimum atomic E-state index is -0.465. The molecule has 0 bridgehead atoms. The third-order valence-electron chi connectivity index (χ3n) is 4.75. The number of carbonyl (C=O) groups excluding carboxylic acids is 1. The summed E-state index contributed by atoms with van der Waals surface area (Å²) in [5.41, 5.74) is 3.11. The van der Waals surface area contributed by atoms with Crippen LogP contribution in [0.2, 0.25) is 0 Å². The Labute approximate surface area is 162 Å². The van der Waals surface area contributed by atoms with Gasteiger partial charge in [-0.15, -0.1) is 0 Å². The molecule has 0 saturated heterocycles. The molecule has 142 valence electrons. The van der Waals surface area contributed by atoms with E-state index in [0.717, 1.165) is 41.3 Å². The molecule has 28 heavy (non-hydrogen) atoms. The first-order chi connectivity index (χ1) is 13.7. The Kier molecular flexibility index (Phi) is 5.24. The van der Waals surface area contributed by atoms with Gasteiger partial charge in [0.2, 0.25) is 0 Å². The summed E-state index contributed by atoms with van der Waals surface area (Å²) in [4.78, 5) is 23.9. The summed E-state index contributed by atoms with van der Waals surface area (Å²) in [6.07, 6.45) is 6.30. The summed E-state index contributed by atoms with van der Waals surface area (Å²) < 4.78 is 16.0. The third kappa shape index (κ3) is 3.98. The van der Waals surface area contributed by atoms with Crippen molar-refractivity contribution in [1.82, 2.24) is 0 Å². The Hall–Kier alpha value is -3.34. The molecule has 0 atom stereocenters. The van der Waals surface area contributed by atoms with Crippen LogP contribution < -0.4 is 10.4 Å². The largest absolute Gasteiger partial charge is 0.482 e. The lowest BCUT2D eigenvalue weighted by molar-refractivity contribution is -0.144. The van der Waals surface area contributed by atoms with Crippen LogP contribution in [0.3, 0.4) is 0 Å². The summed E-state index contributed by atoms with van der Waals surface area (Å²) in [6, 6.07) is 15.1. The van der Waals surface area contributed by atoms with Gasteiger partial charge in [0.1, 0.15) is 17.9 Å². The minimum absolute atomic E-state index is 0.176. The van der Waals surface area contributed by atoms with Gasteiger partial charge in [0.05, 0.1) is 0 Å². The van der Waals surface area contributed by atoms with Crippen LogP contribution >= 0.6 is 0 Å². The van der Waals surface area contributed by atoms with Crippen molar-refractivity contribution < 1.29 is 18.7 Å². The van der Waals surface area contributed by atoms with Crippen LogP contribution in [0.1, 0.15) is 23.1 Å². The van der Waals surface area contributed by atoms with Gasteiger partial charge in [0.25, 0.3) is 0 Å². The highest BCUT2D eigenvalue weighted by molar-refractivity contribution is 5.83. The van der Waals surface area contributed by atoms with E-state index in [1.165, 1.54) is 0 Å². The van der Waals surface area contributed by atoms with E-state index in [2.05, 4.69) is 0 Å². The normalized spacial score (nSPS) is 13.0. The van der Waals surface area contributed by atoms with Gasteiger partial charge >= 0.3 is 11.6 Å². The van der Waals surface area contributed by atoms with Crippen molar-refractivity contribution in [3.63, 3.8) is 0 Å². The lowest BCUT2D eigenvalue weighted by atomic mass is 10.1. The number of benzene rings is 2. The number of hydrogen-bond acceptors (Lipinski definition) is 5. The van der Waals surface area contributed by atoms with Gasteiger partial charge in [-0.1, -0.05) is 36.4 Å². The fraction of sp³-hybridized carbons (Fsp3) is 0.217. The molecule has 1 aliphatic carbocycles. The Balaban J connectivity index is 1.34. The fourth-order valence-corrected chi connectivity index (χ4v) is 3.43. The number of carbonyl (C=O) groups is 1. The third-order valence-corrected chi connectivity index (χ3v) is 4.75. The smallest absolute Gasteiger partial charge is 0.344 e. The van der Waals surface area contributed by atoms with E-state index in [0.29, 0.717) is 11.3 Å². The highest BCUT2D eigenvalue weighted by Crippen LogP contribution is 2.29. The summed E-state index contributed by atoms with van der Waals surface area (Å²) in [6.45, 7) is -0.0321. The molecule has 5 nitrogen and oxygen atoms in total. The Morgan fingerprint density at radius 1 is 1.07 bits per heavy atom. The molecule has 0 radical (unpaired) electrons. The molecule has 0 unspecified atom stereocenters. The molecule has 0 aliphatic heterocycles. The highest BCUT2D eigenvalue weighted by Gasteiger charge is 2.19. The molecule has 0 saturated carbocycles. The molecular weight excluding hydrogens is 356 g/mol. The van der Waals surface area contributed by atoms with E-state index >= 15 is 0 Å². The summed E-state index contributed by atoms with van der Waals surface area (Å²) in [5.74, 6) is -0.00131. The van der Waals surface area contributed by atoms with Gasteiger partial charge in [0.15, 0.2) is 6.61 Å². The second kappa shape index (κ2) is 8.13. The molecule has 1 aromatic heterocycles. The van der Waals surface area contributed by atoms with E-state index in [-0.39, 0.29) is 18.8 Å². The molecule has 0 fully saturated rings. The minimum Gasteiger partial charge on any atom is -0.482 e. The molecule has 1 heterocycles. The second-order valence-electron chi connectivity index (χ2n) is 6.64. The van der Waals surface area contributed by atoms with Crippen molar-refractivity contribution in [2.24, 2.45) is 0 Å². The average Bonchev–Trinajstić information content (AvgIpc) is 3.21. The van der Waals surface area contributed by atoms with Crippen molar-refractivity contribution in [1.29, 1.82) is 0 Å². The van der Waals surface area contributed by atoms with Crippen LogP contribution in [0.4, 0.5) is 0 Å². The molecule has 5 heteroatoms. The topological polar surface area (TPSA) is 65.7 Å². The summed E-state index contributed by atoms with van der Waals surface area (Å²) in [7, 11) is 0. The molecular formula is C23H20O5. The van der Waals surface area contributed by atoms with Crippen LogP contribution in [-0.4, -0.2) is 19.2 Å². The lowest BCUT2D eigenvalue weighted by Gasteiger charge is -2.08. The van der Waals surface area contributed by atoms with Crippen molar-refractivity contribution in [3.05, 3.63) is 81.7 Å². The van der Waals surface area contributed by atoms with Gasteiger partial charge in [-0.25, -0.2) is 9.59 Å². The van der Waals surface area contributed by atoms with Gasteiger partial charge in [-0.3, -0.25) is 0 Å². The first-order valence-corrected chi connectivity index (χ1v) is 9.29. The van der Waals surface area contributed by atoms with Crippen LogP contribution in [0.25, 0.3) is 17.0 Å². The van der Waals surface area contributed by atoms with Crippen molar-refractivity contribution in [2.75, 3.05) is 13.2 Å². The standard InChI is InChI=1S/C23H20O5/c24-22(26-13-5-8-16-6-2-1-3-7-16)15-27-17-11-12-19-18-9-4-10-20(18)23(25)28-21(19)14-17/h1-3,5-8,11-12,14H,4,9-10,13,15H2/b8-5+. The maximum absolute atomic E-state index is 12.1. The summed E-state index contributed by atoms with van der Waals surface area (Å²) in [5, 5.41) is 0.938. The number of fused-ring (bicyclic) bond motifs is 3. The van der Waals surface area contributed by atoms with E-state index in [1.54, 1.807) is 18.2 Å². The van der Waals surface area contributed by atoms with Crippen LogP contribution in [0.5, 0.6) is 5.75 Å². The number of esters is 1. The first-order valence-electron chi connectivity index (χ1n) is 9.29. The van der Waals surface area contributed by atoms with E-state index in [9.17, 15) is 9.59 Å². The number of hydrogen-bond donors (Lipinski definition) is 0. The predicted molar refractivity (Wildman–Crippen MR) is 106 cm³/mol. The van der Waals surface area contributed by atoms with Crippen LogP contribution in [-0.2, 0) is 22.4 Å². The van der Waals surface area contributed by atoms with Gasteiger partial charge in [-0.05, 0) is 48.6 Å². The molecule has 2 aromatic carbocycles. The van der Waals surface area contributed by atoms with Crippen molar-refractivity contribution in [2.45, 2.75) is 19.3 Å². The second-order valence-corrected chi connectivity index (χ2v) is 6.64. The zero-order valence-electron chi connectivity index (χ0n) is 15.4. The molecule has 0 spiro atoms. The number of aryl methyl sites for hydroxylation is 1. The Morgan fingerprint density at radius 2 is 1.89 bits per heavy atom. The first kappa shape index (κ1) is 18.0. The Bertz CT molecular complexity index is 1080. The number of ether oxygens (including phenoxy) is 2. The maximum atomic E-state index is 12.1. The highest BCUT2D eigenvalue weighted by atomic mass is 16.6. The monoisotopic (exact) mass is 376 g/mol. The lowest BCUT2D eigenvalue weighted by Crippen LogP contribution is -2.15. The van der Waals surface area contributed by atoms with Crippen molar-refractivity contribution >= 4 is 23.0 Å². The van der Waals surface area contributed by atoms with Crippen LogP contribution in [0, 0.1) is 0 Å². The quantitative estimate of drug-likeness (QED) is 0.482. The maximum Gasteiger partial charge on any atom is 0.344 e. The Morgan fingerprint density at radius 3 is 2.75 bits per heavy atom.